The first-order chi connectivity index (χ1) is 13.1. The lowest BCUT2D eigenvalue weighted by molar-refractivity contribution is 0.475. The normalized spacial score (nSPS) is 12.2. The van der Waals surface area contributed by atoms with E-state index in [1.165, 1.54) is 0 Å². The summed E-state index contributed by atoms with van der Waals surface area (Å²) in [6, 6.07) is 22.1. The molecule has 3 aromatic carbocycles. The van der Waals surface area contributed by atoms with Crippen LogP contribution in [0, 0.1) is 6.92 Å². The Balaban J connectivity index is 2.08. The van der Waals surface area contributed by atoms with Crippen LogP contribution < -0.4 is 5.56 Å². The summed E-state index contributed by atoms with van der Waals surface area (Å²) < 4.78 is 1.68. The molecule has 0 saturated carbocycles. The van der Waals surface area contributed by atoms with Crippen molar-refractivity contribution in [2.75, 3.05) is 0 Å². The summed E-state index contributed by atoms with van der Waals surface area (Å²) >= 11 is 0. The topological polar surface area (TPSA) is 55.1 Å². The second-order valence-corrected chi connectivity index (χ2v) is 6.68. The van der Waals surface area contributed by atoms with Crippen molar-refractivity contribution in [3.05, 3.63) is 94.3 Å². The van der Waals surface area contributed by atoms with Crippen LogP contribution in [0.3, 0.4) is 0 Å². The van der Waals surface area contributed by atoms with Gasteiger partial charge in [0.25, 0.3) is 5.56 Å². The second kappa shape index (κ2) is 6.72. The first kappa shape index (κ1) is 17.0. The SMILES string of the molecule is Cc1ccccc1C(C)n1c(-c2ccccc2O)nc2ccccc2c1=O. The molecule has 1 aromatic heterocycles. The van der Waals surface area contributed by atoms with E-state index in [1.807, 2.05) is 62.4 Å². The summed E-state index contributed by atoms with van der Waals surface area (Å²) in [6.45, 7) is 4.02. The zero-order valence-corrected chi connectivity index (χ0v) is 15.3. The molecule has 0 aliphatic rings. The number of para-hydroxylation sites is 2. The Morgan fingerprint density at radius 3 is 2.37 bits per heavy atom. The zero-order chi connectivity index (χ0) is 19.0. The predicted octanol–water partition coefficient (Wildman–Crippen LogP) is 4.69. The van der Waals surface area contributed by atoms with Gasteiger partial charge in [0, 0.05) is 0 Å². The summed E-state index contributed by atoms with van der Waals surface area (Å²) in [4.78, 5) is 18.1. The van der Waals surface area contributed by atoms with Crippen molar-refractivity contribution in [3.8, 4) is 17.1 Å². The highest BCUT2D eigenvalue weighted by Gasteiger charge is 2.21. The van der Waals surface area contributed by atoms with Gasteiger partial charge in [-0.2, -0.15) is 0 Å². The fraction of sp³-hybridized carbons (Fsp3) is 0.130. The molecule has 0 bridgehead atoms. The molecule has 1 N–H and O–H groups in total. The number of benzene rings is 3. The van der Waals surface area contributed by atoms with Gasteiger partial charge in [-0.05, 0) is 49.2 Å². The number of phenols is 1. The van der Waals surface area contributed by atoms with Gasteiger partial charge < -0.3 is 5.11 Å². The van der Waals surface area contributed by atoms with Crippen LogP contribution >= 0.6 is 0 Å². The van der Waals surface area contributed by atoms with Crippen molar-refractivity contribution < 1.29 is 5.11 Å². The molecule has 0 radical (unpaired) electrons. The molecule has 4 rings (SSSR count). The Labute approximate surface area is 157 Å². The molecular weight excluding hydrogens is 336 g/mol. The molecule has 1 atom stereocenters. The van der Waals surface area contributed by atoms with Gasteiger partial charge in [0.05, 0.1) is 22.5 Å². The van der Waals surface area contributed by atoms with E-state index in [0.717, 1.165) is 11.1 Å². The van der Waals surface area contributed by atoms with Crippen LogP contribution in [0.15, 0.2) is 77.6 Å². The Bertz CT molecular complexity index is 1190. The Morgan fingerprint density at radius 1 is 0.926 bits per heavy atom. The number of hydrogen-bond donors (Lipinski definition) is 1. The standard InChI is InChI=1S/C23H20N2O2/c1-15-9-3-4-10-17(15)16(2)25-22(19-12-6-8-14-21(19)26)24-20-13-7-5-11-18(20)23(25)27/h3-14,16,26H,1-2H3. The quantitative estimate of drug-likeness (QED) is 0.579. The van der Waals surface area contributed by atoms with E-state index in [9.17, 15) is 9.90 Å². The average Bonchev–Trinajstić information content (AvgIpc) is 2.68. The van der Waals surface area contributed by atoms with Crippen molar-refractivity contribution in [2.45, 2.75) is 19.9 Å². The monoisotopic (exact) mass is 356 g/mol. The lowest BCUT2D eigenvalue weighted by atomic mass is 10.0. The number of nitrogens with zero attached hydrogens (tertiary/aromatic N) is 2. The number of fused-ring (bicyclic) bond motifs is 1. The highest BCUT2D eigenvalue weighted by Crippen LogP contribution is 2.31. The minimum atomic E-state index is -0.231. The molecule has 0 saturated heterocycles. The summed E-state index contributed by atoms with van der Waals surface area (Å²) in [5, 5.41) is 11.0. The van der Waals surface area contributed by atoms with E-state index >= 15 is 0 Å². The Morgan fingerprint density at radius 2 is 1.59 bits per heavy atom. The largest absolute Gasteiger partial charge is 0.507 e. The van der Waals surface area contributed by atoms with Crippen molar-refractivity contribution in [1.29, 1.82) is 0 Å². The first-order valence-electron chi connectivity index (χ1n) is 8.93. The van der Waals surface area contributed by atoms with Crippen LogP contribution in [0.4, 0.5) is 0 Å². The fourth-order valence-electron chi connectivity index (χ4n) is 3.55. The van der Waals surface area contributed by atoms with Gasteiger partial charge in [-0.15, -0.1) is 0 Å². The smallest absolute Gasteiger partial charge is 0.262 e. The molecule has 4 heteroatoms. The zero-order valence-electron chi connectivity index (χ0n) is 15.3. The molecule has 4 nitrogen and oxygen atoms in total. The van der Waals surface area contributed by atoms with Gasteiger partial charge in [-0.1, -0.05) is 48.5 Å². The number of aromatic nitrogens is 2. The molecule has 1 heterocycles. The number of aryl methyl sites for hydroxylation is 1. The molecule has 0 aliphatic heterocycles. The molecule has 134 valence electrons. The lowest BCUT2D eigenvalue weighted by Crippen LogP contribution is -2.27. The molecular formula is C23H20N2O2. The minimum Gasteiger partial charge on any atom is -0.507 e. The molecule has 0 amide bonds. The van der Waals surface area contributed by atoms with Gasteiger partial charge in [0.2, 0.25) is 0 Å². The molecule has 0 aliphatic carbocycles. The molecule has 0 spiro atoms. The van der Waals surface area contributed by atoms with E-state index in [-0.39, 0.29) is 17.4 Å². The lowest BCUT2D eigenvalue weighted by Gasteiger charge is -2.22. The van der Waals surface area contributed by atoms with E-state index in [0.29, 0.717) is 22.3 Å². The van der Waals surface area contributed by atoms with Crippen molar-refractivity contribution in [1.82, 2.24) is 9.55 Å². The molecule has 1 unspecified atom stereocenters. The number of rotatable bonds is 3. The van der Waals surface area contributed by atoms with Crippen LogP contribution in [-0.4, -0.2) is 14.7 Å². The van der Waals surface area contributed by atoms with Crippen LogP contribution in [0.5, 0.6) is 5.75 Å². The van der Waals surface area contributed by atoms with Gasteiger partial charge in [0.1, 0.15) is 11.6 Å². The predicted molar refractivity (Wildman–Crippen MR) is 108 cm³/mol. The van der Waals surface area contributed by atoms with Gasteiger partial charge in [-0.25, -0.2) is 4.98 Å². The van der Waals surface area contributed by atoms with E-state index in [1.54, 1.807) is 28.8 Å². The average molecular weight is 356 g/mol. The number of aromatic hydroxyl groups is 1. The number of hydrogen-bond acceptors (Lipinski definition) is 3. The summed E-state index contributed by atoms with van der Waals surface area (Å²) in [6.07, 6.45) is 0. The Hall–Kier alpha value is -3.40. The van der Waals surface area contributed by atoms with Crippen molar-refractivity contribution in [3.63, 3.8) is 0 Å². The van der Waals surface area contributed by atoms with Crippen LogP contribution in [0.25, 0.3) is 22.3 Å². The van der Waals surface area contributed by atoms with Gasteiger partial charge in [0.15, 0.2) is 0 Å². The summed E-state index contributed by atoms with van der Waals surface area (Å²) in [5.74, 6) is 0.568. The molecule has 0 fully saturated rings. The van der Waals surface area contributed by atoms with E-state index in [4.69, 9.17) is 4.98 Å². The van der Waals surface area contributed by atoms with E-state index in [2.05, 4.69) is 0 Å². The van der Waals surface area contributed by atoms with Crippen LogP contribution in [-0.2, 0) is 0 Å². The highest BCUT2D eigenvalue weighted by molar-refractivity contribution is 5.80. The minimum absolute atomic E-state index is 0.102. The maximum atomic E-state index is 13.4. The maximum Gasteiger partial charge on any atom is 0.262 e. The second-order valence-electron chi connectivity index (χ2n) is 6.68. The third kappa shape index (κ3) is 2.89. The van der Waals surface area contributed by atoms with E-state index < -0.39 is 0 Å². The Kier molecular flexibility index (Phi) is 4.24. The molecule has 27 heavy (non-hydrogen) atoms. The maximum absolute atomic E-state index is 13.4. The van der Waals surface area contributed by atoms with Crippen molar-refractivity contribution in [2.24, 2.45) is 0 Å². The number of phenolic OH excluding ortho intramolecular Hbond substituents is 1. The molecule has 4 aromatic rings. The van der Waals surface area contributed by atoms with Crippen molar-refractivity contribution >= 4 is 10.9 Å². The van der Waals surface area contributed by atoms with Crippen LogP contribution in [0.2, 0.25) is 0 Å². The summed E-state index contributed by atoms with van der Waals surface area (Å²) in [7, 11) is 0. The third-order valence-electron chi connectivity index (χ3n) is 4.98. The fourth-order valence-corrected chi connectivity index (χ4v) is 3.55. The van der Waals surface area contributed by atoms with Gasteiger partial charge in [-0.3, -0.25) is 9.36 Å². The summed E-state index contributed by atoms with van der Waals surface area (Å²) in [5.41, 5.74) is 3.20. The van der Waals surface area contributed by atoms with Gasteiger partial charge >= 0.3 is 0 Å². The highest BCUT2D eigenvalue weighted by atomic mass is 16.3. The third-order valence-corrected chi connectivity index (χ3v) is 4.98. The van der Waals surface area contributed by atoms with Crippen LogP contribution in [0.1, 0.15) is 24.1 Å². The first-order valence-corrected chi connectivity index (χ1v) is 8.93.